The minimum Gasteiger partial charge on any atom is -0.329 e. The summed E-state index contributed by atoms with van der Waals surface area (Å²) in [7, 11) is 0. The van der Waals surface area contributed by atoms with Crippen LogP contribution in [-0.2, 0) is 13.1 Å². The molecule has 0 radical (unpaired) electrons. The van der Waals surface area contributed by atoms with Crippen molar-refractivity contribution < 1.29 is 0 Å². The first-order valence-corrected chi connectivity index (χ1v) is 7.59. The van der Waals surface area contributed by atoms with Crippen LogP contribution in [0, 0.1) is 0 Å². The highest BCUT2D eigenvalue weighted by atomic mass is 32.2. The molecule has 0 fully saturated rings. The van der Waals surface area contributed by atoms with Gasteiger partial charge >= 0.3 is 0 Å². The molecule has 2 N–H and O–H groups in total. The van der Waals surface area contributed by atoms with Crippen molar-refractivity contribution in [2.75, 3.05) is 18.1 Å². The molecule has 2 rings (SSSR count). The van der Waals surface area contributed by atoms with E-state index in [2.05, 4.69) is 36.1 Å². The Morgan fingerprint density at radius 2 is 1.94 bits per heavy atom. The van der Waals surface area contributed by atoms with E-state index < -0.39 is 0 Å². The third-order valence-electron chi connectivity index (χ3n) is 3.45. The second-order valence-corrected chi connectivity index (χ2v) is 5.94. The standard InChI is InChI=1S/C14H22N2S/c1-2-17-8-7-14(9-15)16-10-12-5-3-4-6-13(12)11-16/h3-6,14H,2,7-11,15H2,1H3. The summed E-state index contributed by atoms with van der Waals surface area (Å²) in [4.78, 5) is 2.53. The molecule has 0 aromatic heterocycles. The quantitative estimate of drug-likeness (QED) is 0.787. The van der Waals surface area contributed by atoms with Gasteiger partial charge in [-0.3, -0.25) is 4.90 Å². The summed E-state index contributed by atoms with van der Waals surface area (Å²) in [5, 5.41) is 0. The van der Waals surface area contributed by atoms with Gasteiger partial charge < -0.3 is 5.73 Å². The van der Waals surface area contributed by atoms with Crippen molar-refractivity contribution in [3.05, 3.63) is 35.4 Å². The molecule has 3 heteroatoms. The molecule has 94 valence electrons. The predicted molar refractivity (Wildman–Crippen MR) is 76.1 cm³/mol. The zero-order valence-electron chi connectivity index (χ0n) is 10.6. The second kappa shape index (κ2) is 6.43. The van der Waals surface area contributed by atoms with Crippen LogP contribution in [0.25, 0.3) is 0 Å². The number of thioether (sulfide) groups is 1. The summed E-state index contributed by atoms with van der Waals surface area (Å²) in [6.07, 6.45) is 1.21. The van der Waals surface area contributed by atoms with Crippen LogP contribution in [0.5, 0.6) is 0 Å². The molecule has 0 amide bonds. The Bertz CT molecular complexity index is 329. The van der Waals surface area contributed by atoms with Crippen LogP contribution in [0.15, 0.2) is 24.3 Å². The third kappa shape index (κ3) is 3.24. The Morgan fingerprint density at radius 1 is 1.29 bits per heavy atom. The van der Waals surface area contributed by atoms with Crippen molar-refractivity contribution in [2.24, 2.45) is 5.73 Å². The van der Waals surface area contributed by atoms with E-state index in [0.29, 0.717) is 6.04 Å². The molecule has 1 aromatic rings. The van der Waals surface area contributed by atoms with E-state index in [-0.39, 0.29) is 0 Å². The van der Waals surface area contributed by atoms with Gasteiger partial charge in [-0.25, -0.2) is 0 Å². The first kappa shape index (κ1) is 12.9. The number of nitrogens with zero attached hydrogens (tertiary/aromatic N) is 1. The summed E-state index contributed by atoms with van der Waals surface area (Å²) in [5.41, 5.74) is 8.88. The summed E-state index contributed by atoms with van der Waals surface area (Å²) < 4.78 is 0. The summed E-state index contributed by atoms with van der Waals surface area (Å²) in [6.45, 7) is 5.15. The van der Waals surface area contributed by atoms with Crippen LogP contribution < -0.4 is 5.73 Å². The monoisotopic (exact) mass is 250 g/mol. The molecule has 1 heterocycles. The molecular weight excluding hydrogens is 228 g/mol. The highest BCUT2D eigenvalue weighted by Gasteiger charge is 2.24. The van der Waals surface area contributed by atoms with Gasteiger partial charge in [-0.2, -0.15) is 11.8 Å². The van der Waals surface area contributed by atoms with Crippen molar-refractivity contribution in [1.29, 1.82) is 0 Å². The molecule has 17 heavy (non-hydrogen) atoms. The van der Waals surface area contributed by atoms with Crippen molar-refractivity contribution in [3.63, 3.8) is 0 Å². The Kier molecular flexibility index (Phi) is 4.89. The normalized spacial score (nSPS) is 17.1. The van der Waals surface area contributed by atoms with Crippen molar-refractivity contribution in [1.82, 2.24) is 4.90 Å². The topological polar surface area (TPSA) is 29.3 Å². The lowest BCUT2D eigenvalue weighted by Gasteiger charge is -2.26. The van der Waals surface area contributed by atoms with Crippen molar-refractivity contribution in [3.8, 4) is 0 Å². The molecule has 0 spiro atoms. The van der Waals surface area contributed by atoms with Gasteiger partial charge in [0.15, 0.2) is 0 Å². The maximum absolute atomic E-state index is 5.92. The van der Waals surface area contributed by atoms with E-state index in [4.69, 9.17) is 5.73 Å². The lowest BCUT2D eigenvalue weighted by molar-refractivity contribution is 0.199. The molecule has 0 saturated carbocycles. The predicted octanol–water partition coefficient (Wildman–Crippen LogP) is 2.47. The molecule has 0 bridgehead atoms. The first-order chi connectivity index (χ1) is 8.35. The SMILES string of the molecule is CCSCCC(CN)N1Cc2ccccc2C1. The van der Waals surface area contributed by atoms with Crippen LogP contribution in [0.2, 0.25) is 0 Å². The van der Waals surface area contributed by atoms with Crippen LogP contribution in [-0.4, -0.2) is 29.0 Å². The lowest BCUT2D eigenvalue weighted by Crippen LogP contribution is -2.37. The van der Waals surface area contributed by atoms with Gasteiger partial charge in [0, 0.05) is 25.7 Å². The zero-order valence-corrected chi connectivity index (χ0v) is 11.4. The van der Waals surface area contributed by atoms with E-state index in [1.807, 2.05) is 11.8 Å². The van der Waals surface area contributed by atoms with Crippen LogP contribution >= 0.6 is 11.8 Å². The summed E-state index contributed by atoms with van der Waals surface area (Å²) in [6, 6.07) is 9.29. The zero-order chi connectivity index (χ0) is 12.1. The number of fused-ring (bicyclic) bond motifs is 1. The molecule has 0 aliphatic carbocycles. The maximum Gasteiger partial charge on any atom is 0.0244 e. The number of benzene rings is 1. The minimum atomic E-state index is 0.543. The van der Waals surface area contributed by atoms with Gasteiger partial charge in [-0.15, -0.1) is 0 Å². The lowest BCUT2D eigenvalue weighted by atomic mass is 10.1. The van der Waals surface area contributed by atoms with Crippen molar-refractivity contribution >= 4 is 11.8 Å². The number of nitrogens with two attached hydrogens (primary N) is 1. The van der Waals surface area contributed by atoms with E-state index in [1.165, 1.54) is 29.1 Å². The largest absolute Gasteiger partial charge is 0.329 e. The fourth-order valence-electron chi connectivity index (χ4n) is 2.43. The molecule has 1 unspecified atom stereocenters. The molecule has 1 aromatic carbocycles. The van der Waals surface area contributed by atoms with Gasteiger partial charge in [-0.05, 0) is 29.1 Å². The maximum atomic E-state index is 5.92. The van der Waals surface area contributed by atoms with Gasteiger partial charge in [0.2, 0.25) is 0 Å². The fourth-order valence-corrected chi connectivity index (χ4v) is 3.16. The average Bonchev–Trinajstić information content (AvgIpc) is 2.78. The second-order valence-electron chi connectivity index (χ2n) is 4.55. The molecule has 1 aliphatic heterocycles. The molecule has 0 saturated heterocycles. The molecule has 1 atom stereocenters. The third-order valence-corrected chi connectivity index (χ3v) is 4.39. The fraction of sp³-hybridized carbons (Fsp3) is 0.571. The van der Waals surface area contributed by atoms with Crippen molar-refractivity contribution in [2.45, 2.75) is 32.5 Å². The van der Waals surface area contributed by atoms with E-state index in [9.17, 15) is 0 Å². The average molecular weight is 250 g/mol. The Morgan fingerprint density at radius 3 is 2.47 bits per heavy atom. The van der Waals surface area contributed by atoms with Gasteiger partial charge in [0.1, 0.15) is 0 Å². The number of hydrogen-bond acceptors (Lipinski definition) is 3. The van der Waals surface area contributed by atoms with Gasteiger partial charge in [-0.1, -0.05) is 31.2 Å². The van der Waals surface area contributed by atoms with E-state index in [0.717, 1.165) is 19.6 Å². The minimum absolute atomic E-state index is 0.543. The molecular formula is C14H22N2S. The first-order valence-electron chi connectivity index (χ1n) is 6.43. The smallest absolute Gasteiger partial charge is 0.0244 e. The van der Waals surface area contributed by atoms with Crippen LogP contribution in [0.1, 0.15) is 24.5 Å². The van der Waals surface area contributed by atoms with E-state index in [1.54, 1.807) is 0 Å². The van der Waals surface area contributed by atoms with Gasteiger partial charge in [0.05, 0.1) is 0 Å². The Labute approximate surface area is 109 Å². The Hall–Kier alpha value is -0.510. The Balaban J connectivity index is 1.91. The highest BCUT2D eigenvalue weighted by Crippen LogP contribution is 2.25. The molecule has 2 nitrogen and oxygen atoms in total. The summed E-state index contributed by atoms with van der Waals surface area (Å²) >= 11 is 2.01. The molecule has 1 aliphatic rings. The van der Waals surface area contributed by atoms with Crippen LogP contribution in [0.4, 0.5) is 0 Å². The summed E-state index contributed by atoms with van der Waals surface area (Å²) in [5.74, 6) is 2.43. The number of rotatable bonds is 6. The van der Waals surface area contributed by atoms with E-state index >= 15 is 0 Å². The van der Waals surface area contributed by atoms with Gasteiger partial charge in [0.25, 0.3) is 0 Å². The number of hydrogen-bond donors (Lipinski definition) is 1. The van der Waals surface area contributed by atoms with Crippen LogP contribution in [0.3, 0.4) is 0 Å². The highest BCUT2D eigenvalue weighted by molar-refractivity contribution is 7.99.